The summed E-state index contributed by atoms with van der Waals surface area (Å²) in [6.45, 7) is 3.40. The first kappa shape index (κ1) is 16.3. The number of nitrogens with one attached hydrogen (secondary N) is 1. The van der Waals surface area contributed by atoms with Crippen molar-refractivity contribution in [3.05, 3.63) is 0 Å². The molecular weight excluding hydrogens is 264 g/mol. The molecule has 0 aromatic carbocycles. The van der Waals surface area contributed by atoms with E-state index in [1.807, 2.05) is 0 Å². The number of esters is 1. The van der Waals surface area contributed by atoms with Gasteiger partial charge >= 0.3 is 18.0 Å². The molecule has 114 valence electrons. The van der Waals surface area contributed by atoms with Crippen molar-refractivity contribution >= 4 is 18.0 Å². The Morgan fingerprint density at radius 2 is 2.15 bits per heavy atom. The fourth-order valence-corrected chi connectivity index (χ4v) is 2.16. The molecule has 1 atom stereocenters. The van der Waals surface area contributed by atoms with Gasteiger partial charge in [0.15, 0.2) is 0 Å². The third-order valence-electron chi connectivity index (χ3n) is 3.17. The van der Waals surface area contributed by atoms with Gasteiger partial charge in [-0.2, -0.15) is 0 Å². The molecule has 1 unspecified atom stereocenters. The molecule has 0 radical (unpaired) electrons. The summed E-state index contributed by atoms with van der Waals surface area (Å²) in [6.07, 6.45) is 1.94. The summed E-state index contributed by atoms with van der Waals surface area (Å²) in [6, 6.07) is -0.246. The van der Waals surface area contributed by atoms with Crippen molar-refractivity contribution in [1.82, 2.24) is 10.2 Å². The van der Waals surface area contributed by atoms with E-state index in [1.165, 1.54) is 0 Å². The number of nitrogens with zero attached hydrogens (tertiary/aromatic N) is 1. The summed E-state index contributed by atoms with van der Waals surface area (Å²) in [5.74, 6) is -1.39. The van der Waals surface area contributed by atoms with Crippen LogP contribution in [0.5, 0.6) is 0 Å². The zero-order chi connectivity index (χ0) is 15.0. The smallest absolute Gasteiger partial charge is 0.317 e. The van der Waals surface area contributed by atoms with E-state index >= 15 is 0 Å². The fourth-order valence-electron chi connectivity index (χ4n) is 2.16. The van der Waals surface area contributed by atoms with Gasteiger partial charge < -0.3 is 20.1 Å². The number of carboxylic acid groups (broad SMARTS) is 1. The molecule has 0 aliphatic carbocycles. The largest absolute Gasteiger partial charge is 0.481 e. The summed E-state index contributed by atoms with van der Waals surface area (Å²) in [5.41, 5.74) is 0. The standard InChI is InChI=1S/C13H22N2O5/c1-2-20-12(18)10-5-4-8-15(9-10)13(19)14-7-3-6-11(16)17/h10H,2-9H2,1H3,(H,14,19)(H,16,17). The summed E-state index contributed by atoms with van der Waals surface area (Å²) in [5, 5.41) is 11.2. The van der Waals surface area contributed by atoms with Crippen molar-refractivity contribution in [2.45, 2.75) is 32.6 Å². The molecule has 0 aromatic heterocycles. The lowest BCUT2D eigenvalue weighted by Gasteiger charge is -2.31. The van der Waals surface area contributed by atoms with Crippen LogP contribution in [0.4, 0.5) is 4.79 Å². The molecule has 7 nitrogen and oxygen atoms in total. The molecule has 1 heterocycles. The van der Waals surface area contributed by atoms with Crippen LogP contribution in [0.25, 0.3) is 0 Å². The Bertz CT molecular complexity index is 359. The SMILES string of the molecule is CCOC(=O)C1CCCN(C(=O)NCCCC(=O)O)C1. The number of aliphatic carboxylic acids is 1. The summed E-state index contributed by atoms with van der Waals surface area (Å²) in [7, 11) is 0. The van der Waals surface area contributed by atoms with E-state index in [0.717, 1.165) is 12.8 Å². The summed E-state index contributed by atoms with van der Waals surface area (Å²) >= 11 is 0. The number of hydrogen-bond donors (Lipinski definition) is 2. The number of ether oxygens (including phenoxy) is 1. The molecule has 2 amide bonds. The molecule has 0 saturated carbocycles. The van der Waals surface area contributed by atoms with Crippen LogP contribution in [0, 0.1) is 5.92 Å². The Morgan fingerprint density at radius 1 is 1.40 bits per heavy atom. The number of likely N-dealkylation sites (tertiary alicyclic amines) is 1. The van der Waals surface area contributed by atoms with E-state index in [9.17, 15) is 14.4 Å². The lowest BCUT2D eigenvalue weighted by atomic mass is 9.98. The van der Waals surface area contributed by atoms with E-state index in [0.29, 0.717) is 32.7 Å². The molecule has 1 rings (SSSR count). The predicted molar refractivity (Wildman–Crippen MR) is 71.2 cm³/mol. The highest BCUT2D eigenvalue weighted by Crippen LogP contribution is 2.17. The summed E-state index contributed by atoms with van der Waals surface area (Å²) in [4.78, 5) is 35.5. The number of carbonyl (C=O) groups excluding carboxylic acids is 2. The average molecular weight is 286 g/mol. The van der Waals surface area contributed by atoms with Crippen molar-refractivity contribution in [2.75, 3.05) is 26.2 Å². The third kappa shape index (κ3) is 5.46. The maximum Gasteiger partial charge on any atom is 0.317 e. The van der Waals surface area contributed by atoms with E-state index in [4.69, 9.17) is 9.84 Å². The topological polar surface area (TPSA) is 95.9 Å². The molecule has 20 heavy (non-hydrogen) atoms. The molecule has 1 aliphatic heterocycles. The van der Waals surface area contributed by atoms with Gasteiger partial charge in [-0.1, -0.05) is 0 Å². The van der Waals surface area contributed by atoms with Crippen molar-refractivity contribution in [2.24, 2.45) is 5.92 Å². The Labute approximate surface area is 118 Å². The highest BCUT2D eigenvalue weighted by Gasteiger charge is 2.29. The lowest BCUT2D eigenvalue weighted by Crippen LogP contribution is -2.47. The molecule has 0 bridgehead atoms. The third-order valence-corrected chi connectivity index (χ3v) is 3.17. The van der Waals surface area contributed by atoms with Gasteiger partial charge in [0.25, 0.3) is 0 Å². The normalized spacial score (nSPS) is 18.4. The van der Waals surface area contributed by atoms with Crippen molar-refractivity contribution < 1.29 is 24.2 Å². The minimum atomic E-state index is -0.875. The van der Waals surface area contributed by atoms with Gasteiger partial charge in [0.1, 0.15) is 0 Å². The summed E-state index contributed by atoms with van der Waals surface area (Å²) < 4.78 is 4.97. The fraction of sp³-hybridized carbons (Fsp3) is 0.769. The predicted octanol–water partition coefficient (Wildman–Crippen LogP) is 0.836. The van der Waals surface area contributed by atoms with E-state index in [-0.39, 0.29) is 24.3 Å². The first-order chi connectivity index (χ1) is 9.54. The van der Waals surface area contributed by atoms with Crippen LogP contribution >= 0.6 is 0 Å². The van der Waals surface area contributed by atoms with Crippen LogP contribution < -0.4 is 5.32 Å². The van der Waals surface area contributed by atoms with E-state index in [1.54, 1.807) is 11.8 Å². The second-order valence-electron chi connectivity index (χ2n) is 4.77. The maximum atomic E-state index is 11.9. The van der Waals surface area contributed by atoms with Crippen LogP contribution in [0.1, 0.15) is 32.6 Å². The number of amides is 2. The second-order valence-corrected chi connectivity index (χ2v) is 4.77. The van der Waals surface area contributed by atoms with Crippen LogP contribution in [0.3, 0.4) is 0 Å². The van der Waals surface area contributed by atoms with Crippen LogP contribution in [-0.2, 0) is 14.3 Å². The number of hydrogen-bond acceptors (Lipinski definition) is 4. The molecular formula is C13H22N2O5. The minimum Gasteiger partial charge on any atom is -0.481 e. The molecule has 1 fully saturated rings. The van der Waals surface area contributed by atoms with Gasteiger partial charge in [-0.25, -0.2) is 4.79 Å². The van der Waals surface area contributed by atoms with Gasteiger partial charge in [0.2, 0.25) is 0 Å². The maximum absolute atomic E-state index is 11.9. The number of carbonyl (C=O) groups is 3. The van der Waals surface area contributed by atoms with Crippen LogP contribution in [0.2, 0.25) is 0 Å². The van der Waals surface area contributed by atoms with Gasteiger partial charge in [0.05, 0.1) is 12.5 Å². The molecule has 2 N–H and O–H groups in total. The van der Waals surface area contributed by atoms with Crippen molar-refractivity contribution in [3.63, 3.8) is 0 Å². The van der Waals surface area contributed by atoms with Gasteiger partial charge in [-0.15, -0.1) is 0 Å². The van der Waals surface area contributed by atoms with Crippen molar-refractivity contribution in [3.8, 4) is 0 Å². The molecule has 7 heteroatoms. The Morgan fingerprint density at radius 3 is 2.80 bits per heavy atom. The number of carboxylic acids is 1. The first-order valence-corrected chi connectivity index (χ1v) is 6.95. The van der Waals surface area contributed by atoms with E-state index in [2.05, 4.69) is 5.32 Å². The Balaban J connectivity index is 2.32. The highest BCUT2D eigenvalue weighted by molar-refractivity contribution is 5.77. The molecule has 0 aromatic rings. The second kappa shape index (κ2) is 8.39. The van der Waals surface area contributed by atoms with Crippen LogP contribution in [0.15, 0.2) is 0 Å². The van der Waals surface area contributed by atoms with Crippen molar-refractivity contribution in [1.29, 1.82) is 0 Å². The number of piperidine rings is 1. The number of urea groups is 1. The molecule has 1 saturated heterocycles. The van der Waals surface area contributed by atoms with E-state index < -0.39 is 5.97 Å². The Kier molecular flexibility index (Phi) is 6.83. The zero-order valence-electron chi connectivity index (χ0n) is 11.8. The average Bonchev–Trinajstić information content (AvgIpc) is 2.43. The van der Waals surface area contributed by atoms with Gasteiger partial charge in [0, 0.05) is 26.1 Å². The van der Waals surface area contributed by atoms with Gasteiger partial charge in [-0.05, 0) is 26.2 Å². The highest BCUT2D eigenvalue weighted by atomic mass is 16.5. The quantitative estimate of drug-likeness (QED) is 0.557. The Hall–Kier alpha value is -1.79. The van der Waals surface area contributed by atoms with Crippen LogP contribution in [-0.4, -0.2) is 54.2 Å². The molecule has 0 spiro atoms. The monoisotopic (exact) mass is 286 g/mol. The zero-order valence-corrected chi connectivity index (χ0v) is 11.8. The lowest BCUT2D eigenvalue weighted by molar-refractivity contribution is -0.149. The minimum absolute atomic E-state index is 0.0335. The molecule has 1 aliphatic rings. The number of rotatable bonds is 6. The van der Waals surface area contributed by atoms with Gasteiger partial charge in [-0.3, -0.25) is 9.59 Å². The first-order valence-electron chi connectivity index (χ1n) is 6.95.